The van der Waals surface area contributed by atoms with Crippen molar-refractivity contribution in [1.82, 2.24) is 0 Å². The molecule has 0 aromatic carbocycles. The van der Waals surface area contributed by atoms with E-state index in [0.29, 0.717) is 3.64 Å². The van der Waals surface area contributed by atoms with Gasteiger partial charge in [-0.2, -0.15) is 0 Å². The van der Waals surface area contributed by atoms with E-state index >= 15 is 0 Å². The molecule has 0 aliphatic heterocycles. The van der Waals surface area contributed by atoms with Crippen LogP contribution in [0.15, 0.2) is 0 Å². The Hall–Kier alpha value is 1.45. The molecule has 0 aromatic heterocycles. The van der Waals surface area contributed by atoms with E-state index in [0.717, 1.165) is 0 Å². The molecular weight excluding hydrogens is 250 g/mol. The van der Waals surface area contributed by atoms with Gasteiger partial charge in [-0.3, -0.25) is 0 Å². The Bertz CT molecular complexity index is 68.9. The maximum atomic E-state index is 3.46. The van der Waals surface area contributed by atoms with E-state index in [4.69, 9.17) is 0 Å². The Labute approximate surface area is 69.6 Å². The van der Waals surface area contributed by atoms with Crippen molar-refractivity contribution in [3.63, 3.8) is 0 Å². The molecule has 0 unspecified atom stereocenters. The molecule has 0 amide bonds. The second-order valence-electron chi connectivity index (χ2n) is 3.16. The van der Waals surface area contributed by atoms with Gasteiger partial charge in [-0.15, -0.1) is 0 Å². The minimum absolute atomic E-state index is 0.529. The van der Waals surface area contributed by atoms with Gasteiger partial charge in [-0.1, -0.05) is 0 Å². The van der Waals surface area contributed by atoms with Crippen LogP contribution in [-0.4, -0.2) is 30.6 Å². The molecule has 0 rings (SSSR count). The molecule has 0 aromatic rings. The summed E-state index contributed by atoms with van der Waals surface area (Å²) < 4.78 is 0.529. The number of alkyl halides is 2. The van der Waals surface area contributed by atoms with E-state index in [9.17, 15) is 0 Å². The van der Waals surface area contributed by atoms with Crippen LogP contribution in [0.4, 0.5) is 0 Å². The second kappa shape index (κ2) is 3.58. The van der Waals surface area contributed by atoms with Crippen molar-refractivity contribution >= 4 is 46.0 Å². The first-order valence-corrected chi connectivity index (χ1v) is 8.24. The summed E-state index contributed by atoms with van der Waals surface area (Å²) in [5, 5.41) is 0. The Morgan fingerprint density at radius 2 is 1.62 bits per heavy atom. The van der Waals surface area contributed by atoms with E-state index < -0.39 is 7.14 Å². The van der Waals surface area contributed by atoms with Gasteiger partial charge < -0.3 is 0 Å². The fourth-order valence-corrected chi connectivity index (χ4v) is 7.22. The first-order chi connectivity index (χ1) is 3.42. The van der Waals surface area contributed by atoms with Crippen LogP contribution < -0.4 is 0 Å². The summed E-state index contributed by atoms with van der Waals surface area (Å²) in [5.41, 5.74) is 0. The van der Waals surface area contributed by atoms with Gasteiger partial charge in [-0.25, -0.2) is 0 Å². The summed E-state index contributed by atoms with van der Waals surface area (Å²) in [6.07, 6.45) is 0. The molecule has 0 nitrogen and oxygen atoms in total. The van der Waals surface area contributed by atoms with Crippen molar-refractivity contribution in [3.8, 4) is 0 Å². The van der Waals surface area contributed by atoms with Crippen LogP contribution in [0.5, 0.6) is 0 Å². The Morgan fingerprint density at radius 3 is 1.62 bits per heavy atom. The molecule has 0 fully saturated rings. The fourth-order valence-electron chi connectivity index (χ4n) is 0.463. The molecule has 0 aliphatic rings. The van der Waals surface area contributed by atoms with Crippen LogP contribution in [0, 0.1) is 0 Å². The standard InChI is InChI=1S/C4H12BBr2P/c1-8(2,3)5-4(6)7/h4-5,8H,1-3H3. The molecular formula is C4H12BBr2P. The molecule has 4 heteroatoms. The van der Waals surface area contributed by atoms with Gasteiger partial charge in [0.2, 0.25) is 0 Å². The van der Waals surface area contributed by atoms with E-state index in [-0.39, 0.29) is 0 Å². The average Bonchev–Trinajstić information content (AvgIpc) is 1.21. The Balaban J connectivity index is 3.39. The molecule has 0 spiro atoms. The monoisotopic (exact) mass is 260 g/mol. The van der Waals surface area contributed by atoms with Gasteiger partial charge in [0.25, 0.3) is 0 Å². The van der Waals surface area contributed by atoms with Crippen molar-refractivity contribution in [1.29, 1.82) is 0 Å². The topological polar surface area (TPSA) is 0 Å². The van der Waals surface area contributed by atoms with Crippen molar-refractivity contribution in [2.75, 3.05) is 20.0 Å². The predicted octanol–water partition coefficient (Wildman–Crippen LogP) is 2.05. The first kappa shape index (κ1) is 9.45. The number of hydrogen-bond acceptors (Lipinski definition) is 0. The first-order valence-electron chi connectivity index (χ1n) is 2.70. The van der Waals surface area contributed by atoms with Gasteiger partial charge in [0.1, 0.15) is 0 Å². The zero-order valence-electron chi connectivity index (χ0n) is 5.54. The van der Waals surface area contributed by atoms with Crippen molar-refractivity contribution < 1.29 is 0 Å². The van der Waals surface area contributed by atoms with Gasteiger partial charge >= 0.3 is 69.6 Å². The van der Waals surface area contributed by atoms with Crippen molar-refractivity contribution in [2.45, 2.75) is 3.64 Å². The van der Waals surface area contributed by atoms with Crippen LogP contribution >= 0.6 is 39.0 Å². The third kappa shape index (κ3) is 7.45. The summed E-state index contributed by atoms with van der Waals surface area (Å²) in [6, 6.07) is 0. The molecule has 0 N–H and O–H groups in total. The van der Waals surface area contributed by atoms with Crippen LogP contribution in [0.1, 0.15) is 0 Å². The van der Waals surface area contributed by atoms with Crippen molar-refractivity contribution in [3.05, 3.63) is 0 Å². The van der Waals surface area contributed by atoms with E-state index in [1.807, 2.05) is 0 Å². The number of hydrogen-bond donors (Lipinski definition) is 0. The molecule has 0 saturated heterocycles. The summed E-state index contributed by atoms with van der Waals surface area (Å²) in [7, 11) is -0.814. The minimum atomic E-state index is -0.814. The Kier molecular flexibility index (Phi) is 4.23. The molecule has 50 valence electrons. The molecule has 0 aliphatic carbocycles. The van der Waals surface area contributed by atoms with E-state index in [1.165, 1.54) is 7.00 Å². The second-order valence-corrected chi connectivity index (χ2v) is 12.1. The summed E-state index contributed by atoms with van der Waals surface area (Å²) in [6.45, 7) is 8.39. The van der Waals surface area contributed by atoms with E-state index in [1.54, 1.807) is 0 Å². The summed E-state index contributed by atoms with van der Waals surface area (Å²) in [5.74, 6) is 0. The molecule has 0 radical (unpaired) electrons. The quantitative estimate of drug-likeness (QED) is 0.406. The third-order valence-electron chi connectivity index (χ3n) is 0.767. The molecule has 0 saturated carbocycles. The van der Waals surface area contributed by atoms with Gasteiger partial charge in [0, 0.05) is 0 Å². The predicted molar refractivity (Wildman–Crippen MR) is 54.9 cm³/mol. The summed E-state index contributed by atoms with van der Waals surface area (Å²) in [4.78, 5) is 0. The fraction of sp³-hybridized carbons (Fsp3) is 1.00. The number of halogens is 2. The van der Waals surface area contributed by atoms with Gasteiger partial charge in [0.15, 0.2) is 0 Å². The summed E-state index contributed by atoms with van der Waals surface area (Å²) >= 11 is 6.92. The Morgan fingerprint density at radius 1 is 1.25 bits per heavy atom. The average molecular weight is 262 g/mol. The molecule has 0 heterocycles. The van der Waals surface area contributed by atoms with Crippen molar-refractivity contribution in [2.24, 2.45) is 0 Å². The zero-order chi connectivity index (χ0) is 6.78. The van der Waals surface area contributed by atoms with Crippen LogP contribution in [0.25, 0.3) is 0 Å². The maximum absolute atomic E-state index is 3.46. The van der Waals surface area contributed by atoms with Crippen LogP contribution in [0.3, 0.4) is 0 Å². The number of rotatable bonds is 2. The van der Waals surface area contributed by atoms with Crippen LogP contribution in [0.2, 0.25) is 0 Å². The molecule has 0 bridgehead atoms. The molecule has 0 atom stereocenters. The van der Waals surface area contributed by atoms with Crippen LogP contribution in [-0.2, 0) is 0 Å². The zero-order valence-corrected chi connectivity index (χ0v) is 9.71. The third-order valence-corrected chi connectivity index (χ3v) is 4.24. The van der Waals surface area contributed by atoms with Gasteiger partial charge in [0.05, 0.1) is 0 Å². The van der Waals surface area contributed by atoms with E-state index in [2.05, 4.69) is 51.9 Å². The van der Waals surface area contributed by atoms with Gasteiger partial charge in [-0.05, 0) is 0 Å². The SMILES string of the molecule is C[PH](C)(C)BC(Br)Br. The normalized spacial score (nSPS) is 14.2. The molecule has 8 heavy (non-hydrogen) atoms.